The quantitative estimate of drug-likeness (QED) is 0.718. The fourth-order valence-corrected chi connectivity index (χ4v) is 2.11. The minimum Gasteiger partial charge on any atom is -0.316 e. The molecule has 1 aromatic carbocycles. The van der Waals surface area contributed by atoms with Crippen LogP contribution in [0.2, 0.25) is 10.0 Å². The van der Waals surface area contributed by atoms with E-state index >= 15 is 0 Å². The molecule has 1 aromatic rings. The second-order valence-corrected chi connectivity index (χ2v) is 5.55. The van der Waals surface area contributed by atoms with Gasteiger partial charge in [0.2, 0.25) is 0 Å². The number of hydrogen-bond donors (Lipinski definition) is 1. The molecule has 3 heteroatoms. The average molecular weight is 274 g/mol. The van der Waals surface area contributed by atoms with Gasteiger partial charge in [0, 0.05) is 0 Å². The Morgan fingerprint density at radius 1 is 1.18 bits per heavy atom. The molecule has 0 saturated carbocycles. The van der Waals surface area contributed by atoms with E-state index in [1.54, 1.807) is 0 Å². The molecule has 1 N–H and O–H groups in total. The van der Waals surface area contributed by atoms with Crippen molar-refractivity contribution >= 4 is 23.2 Å². The number of hydrogen-bond acceptors (Lipinski definition) is 1. The first-order chi connectivity index (χ1) is 8.11. The van der Waals surface area contributed by atoms with Crippen LogP contribution in [-0.2, 0) is 6.42 Å². The predicted molar refractivity (Wildman–Crippen MR) is 77.1 cm³/mol. The SMILES string of the molecule is CC(C)CNCCCCc1cccc(Cl)c1Cl. The third-order valence-corrected chi connectivity index (χ3v) is 3.49. The molecule has 0 saturated heterocycles. The van der Waals surface area contributed by atoms with E-state index < -0.39 is 0 Å². The second kappa shape index (κ2) is 7.97. The van der Waals surface area contributed by atoms with E-state index in [1.807, 2.05) is 12.1 Å². The maximum atomic E-state index is 6.13. The van der Waals surface area contributed by atoms with Crippen LogP contribution in [0, 0.1) is 5.92 Å². The molecule has 17 heavy (non-hydrogen) atoms. The van der Waals surface area contributed by atoms with Gasteiger partial charge in [-0.3, -0.25) is 0 Å². The Kier molecular flexibility index (Phi) is 6.94. The van der Waals surface area contributed by atoms with Gasteiger partial charge in [0.15, 0.2) is 0 Å². The zero-order valence-electron chi connectivity index (χ0n) is 10.6. The summed E-state index contributed by atoms with van der Waals surface area (Å²) in [5, 5.41) is 4.81. The molecule has 0 aliphatic rings. The lowest BCUT2D eigenvalue weighted by atomic mass is 10.1. The lowest BCUT2D eigenvalue weighted by Crippen LogP contribution is -2.20. The largest absolute Gasteiger partial charge is 0.316 e. The number of unbranched alkanes of at least 4 members (excludes halogenated alkanes) is 1. The Labute approximate surface area is 115 Å². The van der Waals surface area contributed by atoms with Gasteiger partial charge in [-0.1, -0.05) is 49.2 Å². The van der Waals surface area contributed by atoms with E-state index in [2.05, 4.69) is 25.2 Å². The maximum absolute atomic E-state index is 6.13. The Hall–Kier alpha value is -0.240. The summed E-state index contributed by atoms with van der Waals surface area (Å²) in [6.45, 7) is 6.62. The van der Waals surface area contributed by atoms with Crippen molar-refractivity contribution in [3.63, 3.8) is 0 Å². The van der Waals surface area contributed by atoms with Crippen LogP contribution in [0.5, 0.6) is 0 Å². The Morgan fingerprint density at radius 2 is 1.94 bits per heavy atom. The molecular formula is C14H21Cl2N. The van der Waals surface area contributed by atoms with Crippen molar-refractivity contribution in [1.82, 2.24) is 5.32 Å². The van der Waals surface area contributed by atoms with E-state index in [0.717, 1.165) is 37.4 Å². The van der Waals surface area contributed by atoms with Crippen LogP contribution in [0.1, 0.15) is 32.3 Å². The fraction of sp³-hybridized carbons (Fsp3) is 0.571. The number of rotatable bonds is 7. The predicted octanol–water partition coefficient (Wildman–Crippen LogP) is 4.56. The number of halogens is 2. The first kappa shape index (κ1) is 14.8. The van der Waals surface area contributed by atoms with E-state index in [0.29, 0.717) is 10.0 Å². The molecule has 0 aromatic heterocycles. The highest BCUT2D eigenvalue weighted by molar-refractivity contribution is 6.42. The van der Waals surface area contributed by atoms with Crippen LogP contribution in [0.3, 0.4) is 0 Å². The highest BCUT2D eigenvalue weighted by atomic mass is 35.5. The van der Waals surface area contributed by atoms with Crippen molar-refractivity contribution in [1.29, 1.82) is 0 Å². The summed E-state index contributed by atoms with van der Waals surface area (Å²) < 4.78 is 0. The number of aryl methyl sites for hydroxylation is 1. The Balaban J connectivity index is 2.20. The standard InChI is InChI=1S/C14H21Cl2N/c1-11(2)10-17-9-4-3-6-12-7-5-8-13(15)14(12)16/h5,7-8,11,17H,3-4,6,9-10H2,1-2H3. The molecule has 0 bridgehead atoms. The molecule has 96 valence electrons. The minimum absolute atomic E-state index is 0.655. The van der Waals surface area contributed by atoms with Crippen LogP contribution < -0.4 is 5.32 Å². The molecule has 0 fully saturated rings. The Bertz CT molecular complexity index is 337. The van der Waals surface area contributed by atoms with Gasteiger partial charge >= 0.3 is 0 Å². The Morgan fingerprint density at radius 3 is 2.65 bits per heavy atom. The van der Waals surface area contributed by atoms with E-state index in [9.17, 15) is 0 Å². The molecule has 0 atom stereocenters. The van der Waals surface area contributed by atoms with Gasteiger partial charge in [0.1, 0.15) is 0 Å². The van der Waals surface area contributed by atoms with Crippen LogP contribution >= 0.6 is 23.2 Å². The summed E-state index contributed by atoms with van der Waals surface area (Å²) in [5.41, 5.74) is 1.16. The van der Waals surface area contributed by atoms with Gasteiger partial charge in [0.25, 0.3) is 0 Å². The molecule has 0 heterocycles. The van der Waals surface area contributed by atoms with E-state index in [-0.39, 0.29) is 0 Å². The first-order valence-corrected chi connectivity index (χ1v) is 7.00. The molecular weight excluding hydrogens is 253 g/mol. The number of nitrogens with one attached hydrogen (secondary N) is 1. The van der Waals surface area contributed by atoms with E-state index in [4.69, 9.17) is 23.2 Å². The van der Waals surface area contributed by atoms with Crippen molar-refractivity contribution in [3.05, 3.63) is 33.8 Å². The van der Waals surface area contributed by atoms with Crippen LogP contribution in [0.25, 0.3) is 0 Å². The average Bonchev–Trinajstić information content (AvgIpc) is 2.28. The maximum Gasteiger partial charge on any atom is 0.0624 e. The van der Waals surface area contributed by atoms with Crippen LogP contribution in [0.4, 0.5) is 0 Å². The zero-order chi connectivity index (χ0) is 12.7. The smallest absolute Gasteiger partial charge is 0.0624 e. The minimum atomic E-state index is 0.655. The highest BCUT2D eigenvalue weighted by Gasteiger charge is 2.03. The molecule has 1 rings (SSSR count). The molecule has 0 aliphatic carbocycles. The van der Waals surface area contributed by atoms with Crippen molar-refractivity contribution in [3.8, 4) is 0 Å². The summed E-state index contributed by atoms with van der Waals surface area (Å²) >= 11 is 12.1. The molecule has 0 aliphatic heterocycles. The highest BCUT2D eigenvalue weighted by Crippen LogP contribution is 2.26. The summed E-state index contributed by atoms with van der Waals surface area (Å²) in [6.07, 6.45) is 3.32. The topological polar surface area (TPSA) is 12.0 Å². The molecule has 1 nitrogen and oxygen atoms in total. The molecule has 0 radical (unpaired) electrons. The summed E-state index contributed by atoms with van der Waals surface area (Å²) in [4.78, 5) is 0. The number of benzene rings is 1. The third-order valence-electron chi connectivity index (χ3n) is 2.63. The third kappa shape index (κ3) is 5.76. The van der Waals surface area contributed by atoms with Crippen molar-refractivity contribution in [2.24, 2.45) is 5.92 Å². The first-order valence-electron chi connectivity index (χ1n) is 6.25. The van der Waals surface area contributed by atoms with Gasteiger partial charge in [-0.05, 0) is 49.9 Å². The van der Waals surface area contributed by atoms with E-state index in [1.165, 1.54) is 6.42 Å². The normalized spacial score (nSPS) is 11.1. The molecule has 0 spiro atoms. The van der Waals surface area contributed by atoms with Crippen molar-refractivity contribution in [2.75, 3.05) is 13.1 Å². The summed E-state index contributed by atoms with van der Waals surface area (Å²) in [6, 6.07) is 5.84. The zero-order valence-corrected chi connectivity index (χ0v) is 12.1. The monoisotopic (exact) mass is 273 g/mol. The lowest BCUT2D eigenvalue weighted by Gasteiger charge is -2.08. The lowest BCUT2D eigenvalue weighted by molar-refractivity contribution is 0.535. The van der Waals surface area contributed by atoms with Gasteiger partial charge in [-0.2, -0.15) is 0 Å². The second-order valence-electron chi connectivity index (χ2n) is 4.77. The van der Waals surface area contributed by atoms with Crippen molar-refractivity contribution < 1.29 is 0 Å². The summed E-state index contributed by atoms with van der Waals surface area (Å²) in [5.74, 6) is 0.720. The van der Waals surface area contributed by atoms with Gasteiger partial charge in [-0.25, -0.2) is 0 Å². The molecule has 0 unspecified atom stereocenters. The van der Waals surface area contributed by atoms with Crippen molar-refractivity contribution in [2.45, 2.75) is 33.1 Å². The van der Waals surface area contributed by atoms with Crippen LogP contribution in [-0.4, -0.2) is 13.1 Å². The van der Waals surface area contributed by atoms with Gasteiger partial charge in [-0.15, -0.1) is 0 Å². The fourth-order valence-electron chi connectivity index (χ4n) is 1.70. The van der Waals surface area contributed by atoms with Gasteiger partial charge < -0.3 is 5.32 Å². The summed E-state index contributed by atoms with van der Waals surface area (Å²) in [7, 11) is 0. The van der Waals surface area contributed by atoms with Crippen LogP contribution in [0.15, 0.2) is 18.2 Å². The van der Waals surface area contributed by atoms with Gasteiger partial charge in [0.05, 0.1) is 10.0 Å². The molecule has 0 amide bonds.